The van der Waals surface area contributed by atoms with Crippen LogP contribution in [0.2, 0.25) is 0 Å². The zero-order chi connectivity index (χ0) is 15.8. The van der Waals surface area contributed by atoms with Crippen molar-refractivity contribution in [1.82, 2.24) is 0 Å². The number of carboxylic acid groups (broad SMARTS) is 1. The second-order valence-corrected chi connectivity index (χ2v) is 5.34. The van der Waals surface area contributed by atoms with E-state index >= 15 is 0 Å². The highest BCUT2D eigenvalue weighted by molar-refractivity contribution is 5.99. The van der Waals surface area contributed by atoms with E-state index in [-0.39, 0.29) is 5.56 Å². The van der Waals surface area contributed by atoms with Gasteiger partial charge in [-0.1, -0.05) is 54.6 Å². The molecule has 0 spiro atoms. The zero-order valence-electron chi connectivity index (χ0n) is 12.1. The van der Waals surface area contributed by atoms with E-state index in [4.69, 9.17) is 0 Å². The Morgan fingerprint density at radius 1 is 0.739 bits per heavy atom. The van der Waals surface area contributed by atoms with Crippen LogP contribution in [0, 0.1) is 0 Å². The van der Waals surface area contributed by atoms with Gasteiger partial charge in [-0.15, -0.1) is 10.2 Å². The van der Waals surface area contributed by atoms with Crippen molar-refractivity contribution in [2.45, 2.75) is 0 Å². The predicted octanol–water partition coefficient (Wildman–Crippen LogP) is 5.45. The van der Waals surface area contributed by atoms with Crippen LogP contribution in [-0.2, 0) is 0 Å². The van der Waals surface area contributed by atoms with Crippen LogP contribution < -0.4 is 0 Å². The first-order valence-electron chi connectivity index (χ1n) is 7.21. The van der Waals surface area contributed by atoms with Gasteiger partial charge in [-0.25, -0.2) is 4.79 Å². The molecule has 4 heteroatoms. The number of hydrogen-bond acceptors (Lipinski definition) is 3. The van der Waals surface area contributed by atoms with Gasteiger partial charge in [0, 0.05) is 0 Å². The Bertz CT molecular complexity index is 930. The third-order valence-electron chi connectivity index (χ3n) is 3.90. The number of nitrogens with zero attached hydrogens (tertiary/aromatic N) is 2. The molecular formula is C19H12N2O2. The average Bonchev–Trinajstić information content (AvgIpc) is 2.56. The molecule has 3 aromatic rings. The van der Waals surface area contributed by atoms with Crippen molar-refractivity contribution >= 4 is 17.3 Å². The topological polar surface area (TPSA) is 62.0 Å². The maximum Gasteiger partial charge on any atom is 0.338 e. The summed E-state index contributed by atoms with van der Waals surface area (Å²) in [6.45, 7) is 0. The van der Waals surface area contributed by atoms with Crippen molar-refractivity contribution in [3.05, 3.63) is 72.3 Å². The minimum Gasteiger partial charge on any atom is -0.478 e. The molecule has 1 aliphatic rings. The molecule has 0 saturated heterocycles. The van der Waals surface area contributed by atoms with Gasteiger partial charge in [-0.2, -0.15) is 0 Å². The summed E-state index contributed by atoms with van der Waals surface area (Å²) >= 11 is 0. The molecule has 0 aromatic heterocycles. The van der Waals surface area contributed by atoms with E-state index in [0.29, 0.717) is 11.4 Å². The fourth-order valence-corrected chi connectivity index (χ4v) is 2.68. The molecule has 4 rings (SSSR count). The van der Waals surface area contributed by atoms with Crippen molar-refractivity contribution in [3.63, 3.8) is 0 Å². The highest BCUT2D eigenvalue weighted by atomic mass is 16.4. The number of rotatable bonds is 3. The minimum atomic E-state index is -0.984. The van der Waals surface area contributed by atoms with Crippen LogP contribution in [0.5, 0.6) is 0 Å². The lowest BCUT2D eigenvalue weighted by Gasteiger charge is -2.13. The highest BCUT2D eigenvalue weighted by Gasteiger charge is 2.21. The van der Waals surface area contributed by atoms with Crippen LogP contribution in [-0.4, -0.2) is 11.1 Å². The maximum absolute atomic E-state index is 11.3. The molecule has 0 aliphatic carbocycles. The molecule has 0 amide bonds. The van der Waals surface area contributed by atoms with E-state index in [1.54, 1.807) is 6.07 Å². The van der Waals surface area contributed by atoms with Crippen molar-refractivity contribution in [1.29, 1.82) is 0 Å². The second kappa shape index (κ2) is 5.18. The molecule has 1 N–H and O–H groups in total. The van der Waals surface area contributed by atoms with Crippen LogP contribution >= 0.6 is 0 Å². The number of carbonyl (C=O) groups is 1. The average molecular weight is 300 g/mol. The number of azo groups is 1. The normalized spacial score (nSPS) is 11.7. The van der Waals surface area contributed by atoms with Gasteiger partial charge in [0.1, 0.15) is 11.4 Å². The lowest BCUT2D eigenvalue weighted by Crippen LogP contribution is -1.99. The third-order valence-corrected chi connectivity index (χ3v) is 3.90. The molecule has 0 radical (unpaired) electrons. The largest absolute Gasteiger partial charge is 0.478 e. The van der Waals surface area contributed by atoms with Gasteiger partial charge in [0.15, 0.2) is 0 Å². The number of carboxylic acids is 1. The van der Waals surface area contributed by atoms with E-state index < -0.39 is 5.97 Å². The molecular weight excluding hydrogens is 288 g/mol. The van der Waals surface area contributed by atoms with Crippen LogP contribution in [0.3, 0.4) is 0 Å². The van der Waals surface area contributed by atoms with Crippen molar-refractivity contribution in [2.24, 2.45) is 10.2 Å². The summed E-state index contributed by atoms with van der Waals surface area (Å²) in [4.78, 5) is 11.3. The van der Waals surface area contributed by atoms with Crippen molar-refractivity contribution in [3.8, 4) is 22.3 Å². The molecule has 0 unspecified atom stereocenters. The maximum atomic E-state index is 11.3. The SMILES string of the molecule is O=C(O)c1cc(-c2ccc(-c3ccccc3)cc2)cc2c1N=N2. The summed E-state index contributed by atoms with van der Waals surface area (Å²) in [6.07, 6.45) is 0. The zero-order valence-corrected chi connectivity index (χ0v) is 12.1. The van der Waals surface area contributed by atoms with E-state index in [2.05, 4.69) is 22.4 Å². The first-order chi connectivity index (χ1) is 11.2. The summed E-state index contributed by atoms with van der Waals surface area (Å²) in [7, 11) is 0. The van der Waals surface area contributed by atoms with E-state index in [1.807, 2.05) is 48.5 Å². The summed E-state index contributed by atoms with van der Waals surface area (Å²) in [5.74, 6) is -0.984. The number of benzene rings is 3. The quantitative estimate of drug-likeness (QED) is 0.547. The van der Waals surface area contributed by atoms with E-state index in [0.717, 1.165) is 22.3 Å². The molecule has 110 valence electrons. The Kier molecular flexibility index (Phi) is 3.01. The monoisotopic (exact) mass is 300 g/mol. The smallest absolute Gasteiger partial charge is 0.338 e. The molecule has 4 nitrogen and oxygen atoms in total. The highest BCUT2D eigenvalue weighted by Crippen LogP contribution is 2.43. The van der Waals surface area contributed by atoms with Gasteiger partial charge < -0.3 is 5.11 Å². The molecule has 1 heterocycles. The lowest BCUT2D eigenvalue weighted by molar-refractivity contribution is 0.0697. The first kappa shape index (κ1) is 13.4. The van der Waals surface area contributed by atoms with Crippen LogP contribution in [0.4, 0.5) is 11.4 Å². The minimum absolute atomic E-state index is 0.194. The molecule has 3 aromatic carbocycles. The molecule has 23 heavy (non-hydrogen) atoms. The molecule has 0 bridgehead atoms. The van der Waals surface area contributed by atoms with Crippen molar-refractivity contribution < 1.29 is 9.90 Å². The Morgan fingerprint density at radius 2 is 1.35 bits per heavy atom. The Balaban J connectivity index is 1.74. The van der Waals surface area contributed by atoms with E-state index in [9.17, 15) is 9.90 Å². The first-order valence-corrected chi connectivity index (χ1v) is 7.21. The lowest BCUT2D eigenvalue weighted by atomic mass is 9.97. The van der Waals surface area contributed by atoms with Crippen LogP contribution in [0.15, 0.2) is 77.0 Å². The summed E-state index contributed by atoms with van der Waals surface area (Å²) < 4.78 is 0. The van der Waals surface area contributed by atoms with Gasteiger partial charge >= 0.3 is 5.97 Å². The predicted molar refractivity (Wildman–Crippen MR) is 88.4 cm³/mol. The van der Waals surface area contributed by atoms with Crippen LogP contribution in [0.1, 0.15) is 10.4 Å². The summed E-state index contributed by atoms with van der Waals surface area (Å²) in [5.41, 5.74) is 5.35. The van der Waals surface area contributed by atoms with E-state index in [1.165, 1.54) is 0 Å². The molecule has 0 atom stereocenters. The van der Waals surface area contributed by atoms with Gasteiger partial charge in [0.25, 0.3) is 0 Å². The Hall–Kier alpha value is -3.27. The fourth-order valence-electron chi connectivity index (χ4n) is 2.68. The third kappa shape index (κ3) is 2.30. The fraction of sp³-hybridized carbons (Fsp3) is 0. The van der Waals surface area contributed by atoms with Gasteiger partial charge in [0.05, 0.1) is 5.56 Å². The Morgan fingerprint density at radius 3 is 1.91 bits per heavy atom. The summed E-state index contributed by atoms with van der Waals surface area (Å²) in [5, 5.41) is 17.0. The van der Waals surface area contributed by atoms with Crippen LogP contribution in [0.25, 0.3) is 22.3 Å². The molecule has 1 aliphatic heterocycles. The second-order valence-electron chi connectivity index (χ2n) is 5.34. The number of fused-ring (bicyclic) bond motifs is 1. The molecule has 0 saturated carbocycles. The van der Waals surface area contributed by atoms with Gasteiger partial charge in [-0.05, 0) is 34.4 Å². The molecule has 0 fully saturated rings. The standard InChI is InChI=1S/C19H12N2O2/c22-19(23)16-10-15(11-17-18(16)21-20-17)14-8-6-13(7-9-14)12-4-2-1-3-5-12/h1-11H,(H,22,23). The summed E-state index contributed by atoms with van der Waals surface area (Å²) in [6, 6.07) is 21.7. The number of aromatic carboxylic acids is 1. The van der Waals surface area contributed by atoms with Gasteiger partial charge in [-0.3, -0.25) is 0 Å². The van der Waals surface area contributed by atoms with Crippen molar-refractivity contribution in [2.75, 3.05) is 0 Å². The number of hydrogen-bond donors (Lipinski definition) is 1. The van der Waals surface area contributed by atoms with Gasteiger partial charge in [0.2, 0.25) is 0 Å². The Labute approximate surface area is 132 Å².